The summed E-state index contributed by atoms with van der Waals surface area (Å²) in [5.74, 6) is -2.39. The molecule has 2 amide bonds. The van der Waals surface area contributed by atoms with Crippen molar-refractivity contribution in [2.45, 2.75) is 63.0 Å². The third-order valence-electron chi connectivity index (χ3n) is 6.61. The van der Waals surface area contributed by atoms with Crippen LogP contribution >= 0.6 is 11.6 Å². The van der Waals surface area contributed by atoms with Crippen LogP contribution in [0.15, 0.2) is 24.3 Å². The number of piperidine rings is 1. The van der Waals surface area contributed by atoms with Gasteiger partial charge in [-0.3, -0.25) is 0 Å². The van der Waals surface area contributed by atoms with Crippen LogP contribution in [-0.4, -0.2) is 54.7 Å². The number of hydrogen-bond donors (Lipinski definition) is 3. The number of halogens is 3. The molecular weight excluding hydrogens is 424 g/mol. The van der Waals surface area contributed by atoms with Gasteiger partial charge in [0.15, 0.2) is 0 Å². The van der Waals surface area contributed by atoms with E-state index in [4.69, 9.17) is 11.6 Å². The summed E-state index contributed by atoms with van der Waals surface area (Å²) in [6.45, 7) is 1.72. The van der Waals surface area contributed by atoms with E-state index in [0.717, 1.165) is 18.4 Å². The van der Waals surface area contributed by atoms with Crippen LogP contribution in [0.3, 0.4) is 0 Å². The molecule has 1 aliphatic heterocycles. The fraction of sp³-hybridized carbons (Fsp3) is 0.696. The fourth-order valence-corrected chi connectivity index (χ4v) is 5.06. The van der Waals surface area contributed by atoms with Gasteiger partial charge in [-0.25, -0.2) is 13.6 Å². The van der Waals surface area contributed by atoms with Crippen molar-refractivity contribution in [2.24, 2.45) is 11.8 Å². The van der Waals surface area contributed by atoms with Crippen molar-refractivity contribution in [2.75, 3.05) is 26.7 Å². The van der Waals surface area contributed by atoms with Crippen LogP contribution in [0.1, 0.15) is 56.6 Å². The number of alkyl halides is 2. The molecule has 0 bridgehead atoms. The summed E-state index contributed by atoms with van der Waals surface area (Å²) < 4.78 is 26.9. The highest BCUT2D eigenvalue weighted by atomic mass is 35.5. The average Bonchev–Trinajstić information content (AvgIpc) is 2.75. The third kappa shape index (κ3) is 7.02. The Morgan fingerprint density at radius 3 is 2.74 bits per heavy atom. The second-order valence-electron chi connectivity index (χ2n) is 9.09. The normalized spacial score (nSPS) is 23.9. The zero-order valence-corrected chi connectivity index (χ0v) is 18.9. The fourth-order valence-electron chi connectivity index (χ4n) is 4.86. The first-order valence-electron chi connectivity index (χ1n) is 11.3. The van der Waals surface area contributed by atoms with Gasteiger partial charge in [0.1, 0.15) is 0 Å². The Labute approximate surface area is 188 Å². The van der Waals surface area contributed by atoms with Gasteiger partial charge >= 0.3 is 6.03 Å². The molecular formula is C23H34ClF2N3O2. The largest absolute Gasteiger partial charge is 0.388 e. The number of aliphatic hydroxyl groups is 1. The van der Waals surface area contributed by atoms with Crippen molar-refractivity contribution in [3.8, 4) is 0 Å². The second-order valence-corrected chi connectivity index (χ2v) is 9.52. The van der Waals surface area contributed by atoms with Gasteiger partial charge in [0.25, 0.3) is 0 Å². The third-order valence-corrected chi connectivity index (χ3v) is 6.85. The highest BCUT2D eigenvalue weighted by molar-refractivity contribution is 6.30. The van der Waals surface area contributed by atoms with E-state index < -0.39 is 12.0 Å². The van der Waals surface area contributed by atoms with E-state index in [9.17, 15) is 18.7 Å². The number of aliphatic hydroxyl groups excluding tert-OH is 1. The highest BCUT2D eigenvalue weighted by Gasteiger charge is 2.36. The van der Waals surface area contributed by atoms with E-state index in [-0.39, 0.29) is 36.8 Å². The van der Waals surface area contributed by atoms with Crippen LogP contribution in [-0.2, 0) is 0 Å². The molecule has 3 rings (SSSR count). The van der Waals surface area contributed by atoms with Crippen molar-refractivity contribution in [1.82, 2.24) is 15.5 Å². The van der Waals surface area contributed by atoms with E-state index in [2.05, 4.69) is 10.6 Å². The Morgan fingerprint density at radius 2 is 2.06 bits per heavy atom. The summed E-state index contributed by atoms with van der Waals surface area (Å²) in [5.41, 5.74) is 0.766. The van der Waals surface area contributed by atoms with E-state index in [1.165, 1.54) is 0 Å². The molecule has 1 aliphatic carbocycles. The molecule has 1 saturated heterocycles. The van der Waals surface area contributed by atoms with Crippen LogP contribution in [0.25, 0.3) is 0 Å². The van der Waals surface area contributed by atoms with Crippen LogP contribution in [0.2, 0.25) is 5.02 Å². The molecule has 0 aromatic heterocycles. The zero-order chi connectivity index (χ0) is 22.4. The van der Waals surface area contributed by atoms with E-state index in [0.29, 0.717) is 43.9 Å². The number of carbonyl (C=O) groups excluding carboxylic acids is 1. The molecule has 31 heavy (non-hydrogen) atoms. The number of nitrogens with zero attached hydrogens (tertiary/aromatic N) is 1. The van der Waals surface area contributed by atoms with Crippen molar-refractivity contribution in [3.63, 3.8) is 0 Å². The van der Waals surface area contributed by atoms with Gasteiger partial charge in [0.05, 0.1) is 6.10 Å². The number of urea groups is 1. The lowest BCUT2D eigenvalue weighted by Crippen LogP contribution is -2.52. The SMILES string of the molecule is CNC[C@H](CC1CCC(F)(F)CC1)NC(=O)N1CCC[C@@H]([C@H](O)c2cccc(Cl)c2)C1. The highest BCUT2D eigenvalue weighted by Crippen LogP contribution is 2.38. The maximum Gasteiger partial charge on any atom is 0.317 e. The van der Waals surface area contributed by atoms with Crippen LogP contribution in [0.4, 0.5) is 13.6 Å². The molecule has 174 valence electrons. The molecule has 5 nitrogen and oxygen atoms in total. The number of carbonyl (C=O) groups is 1. The lowest BCUT2D eigenvalue weighted by Gasteiger charge is -2.37. The van der Waals surface area contributed by atoms with Gasteiger partial charge in [0.2, 0.25) is 5.92 Å². The monoisotopic (exact) mass is 457 g/mol. The molecule has 3 atom stereocenters. The quantitative estimate of drug-likeness (QED) is 0.560. The number of benzene rings is 1. The molecule has 2 aliphatic rings. The minimum Gasteiger partial charge on any atom is -0.388 e. The van der Waals surface area contributed by atoms with Crippen molar-refractivity contribution >= 4 is 17.6 Å². The Hall–Kier alpha value is -1.44. The smallest absolute Gasteiger partial charge is 0.317 e. The molecule has 1 aromatic carbocycles. The number of hydrogen-bond acceptors (Lipinski definition) is 3. The first kappa shape index (κ1) is 24.2. The molecule has 1 saturated carbocycles. The lowest BCUT2D eigenvalue weighted by molar-refractivity contribution is -0.0473. The first-order valence-corrected chi connectivity index (χ1v) is 11.7. The predicted molar refractivity (Wildman–Crippen MR) is 118 cm³/mol. The standard InChI is InChI=1S/C23H34ClF2N3O2/c1-27-14-20(12-16-7-9-23(25,26)10-8-16)28-22(31)29-11-3-5-18(15-29)21(30)17-4-2-6-19(24)13-17/h2,4,6,13,16,18,20-21,27,30H,3,5,7-12,14-15H2,1H3,(H,28,31)/t18-,20+,21-/m1/s1. The molecule has 2 fully saturated rings. The van der Waals surface area contributed by atoms with Gasteiger partial charge in [-0.1, -0.05) is 23.7 Å². The van der Waals surface area contributed by atoms with Gasteiger partial charge < -0.3 is 20.6 Å². The summed E-state index contributed by atoms with van der Waals surface area (Å²) in [6, 6.07) is 6.95. The Bertz CT molecular complexity index is 727. The summed E-state index contributed by atoms with van der Waals surface area (Å²) in [7, 11) is 1.83. The lowest BCUT2D eigenvalue weighted by atomic mass is 9.83. The van der Waals surface area contributed by atoms with Crippen molar-refractivity contribution in [3.05, 3.63) is 34.9 Å². The number of likely N-dealkylation sites (N-methyl/N-ethyl adjacent to an activating group) is 1. The summed E-state index contributed by atoms with van der Waals surface area (Å²) >= 11 is 6.06. The molecule has 1 heterocycles. The first-order chi connectivity index (χ1) is 14.8. The average molecular weight is 458 g/mol. The van der Waals surface area contributed by atoms with E-state index in [1.54, 1.807) is 17.0 Å². The Kier molecular flexibility index (Phi) is 8.53. The molecule has 0 spiro atoms. The van der Waals surface area contributed by atoms with Crippen LogP contribution in [0.5, 0.6) is 0 Å². The number of nitrogens with one attached hydrogen (secondary N) is 2. The maximum absolute atomic E-state index is 13.4. The molecule has 0 unspecified atom stereocenters. The van der Waals surface area contributed by atoms with Gasteiger partial charge in [-0.2, -0.15) is 0 Å². The van der Waals surface area contributed by atoms with E-state index >= 15 is 0 Å². The van der Waals surface area contributed by atoms with Gasteiger partial charge in [-0.05, 0) is 62.8 Å². The molecule has 1 aromatic rings. The predicted octanol–water partition coefficient (Wildman–Crippen LogP) is 4.60. The van der Waals surface area contributed by atoms with Crippen molar-refractivity contribution in [1.29, 1.82) is 0 Å². The maximum atomic E-state index is 13.4. The molecule has 0 radical (unpaired) electrons. The summed E-state index contributed by atoms with van der Waals surface area (Å²) in [6.07, 6.45) is 2.57. The molecule has 3 N–H and O–H groups in total. The Balaban J connectivity index is 1.55. The topological polar surface area (TPSA) is 64.6 Å². The zero-order valence-electron chi connectivity index (χ0n) is 18.1. The minimum absolute atomic E-state index is 0.0544. The van der Waals surface area contributed by atoms with Crippen molar-refractivity contribution < 1.29 is 18.7 Å². The summed E-state index contributed by atoms with van der Waals surface area (Å²) in [5, 5.41) is 17.6. The number of amides is 2. The number of rotatable bonds is 7. The second kappa shape index (κ2) is 10.9. The Morgan fingerprint density at radius 1 is 1.32 bits per heavy atom. The van der Waals surface area contributed by atoms with E-state index in [1.807, 2.05) is 19.2 Å². The van der Waals surface area contributed by atoms with Gasteiger partial charge in [0, 0.05) is 49.5 Å². The minimum atomic E-state index is -2.54. The van der Waals surface area contributed by atoms with Crippen LogP contribution < -0.4 is 10.6 Å². The van der Waals surface area contributed by atoms with Crippen LogP contribution in [0, 0.1) is 11.8 Å². The molecule has 8 heteroatoms. The van der Waals surface area contributed by atoms with Gasteiger partial charge in [-0.15, -0.1) is 0 Å². The summed E-state index contributed by atoms with van der Waals surface area (Å²) in [4.78, 5) is 14.7. The number of likely N-dealkylation sites (tertiary alicyclic amines) is 1.